The Morgan fingerprint density at radius 3 is 2.75 bits per heavy atom. The Morgan fingerprint density at radius 2 is 2.42 bits per heavy atom. The Hall–Kier alpha value is -1.36. The highest BCUT2D eigenvalue weighted by Crippen LogP contribution is 2.09. The molecule has 0 aliphatic heterocycles. The molecule has 0 radical (unpaired) electrons. The molecule has 1 aromatic heterocycles. The minimum Gasteiger partial charge on any atom is -0.480 e. The predicted octanol–water partition coefficient (Wildman–Crippen LogP) is -0.187. The van der Waals surface area contributed by atoms with Crippen LogP contribution in [0.2, 0.25) is 0 Å². The van der Waals surface area contributed by atoms with Gasteiger partial charge in [0.15, 0.2) is 0 Å². The number of hydrogen-bond acceptors (Lipinski definition) is 3. The van der Waals surface area contributed by atoms with Crippen molar-refractivity contribution in [3.63, 3.8) is 0 Å². The van der Waals surface area contributed by atoms with Gasteiger partial charge in [0.25, 0.3) is 0 Å². The van der Waals surface area contributed by atoms with Crippen molar-refractivity contribution >= 4 is 5.97 Å². The minimum atomic E-state index is -1.06. The van der Waals surface area contributed by atoms with Gasteiger partial charge in [-0.25, -0.2) is 0 Å². The number of aromatic nitrogens is 2. The number of carboxylic acid groups (broad SMARTS) is 1. The van der Waals surface area contributed by atoms with Gasteiger partial charge in [0, 0.05) is 12.7 Å². The molecule has 0 amide bonds. The lowest BCUT2D eigenvalue weighted by molar-refractivity contribution is -0.138. The Morgan fingerprint density at radius 1 is 1.83 bits per heavy atom. The van der Waals surface area contributed by atoms with Crippen molar-refractivity contribution in [2.45, 2.75) is 13.0 Å². The number of nitrogens with zero attached hydrogens (tertiary/aromatic N) is 2. The summed E-state index contributed by atoms with van der Waals surface area (Å²) in [5.74, 6) is -1.06. The van der Waals surface area contributed by atoms with Crippen molar-refractivity contribution in [3.05, 3.63) is 17.5 Å². The number of nitrogens with two attached hydrogens (primary N) is 1. The van der Waals surface area contributed by atoms with Crippen LogP contribution >= 0.6 is 0 Å². The molecule has 0 spiro atoms. The summed E-state index contributed by atoms with van der Waals surface area (Å²) in [4.78, 5) is 10.4. The van der Waals surface area contributed by atoms with Crippen molar-refractivity contribution in [3.8, 4) is 0 Å². The molecule has 0 bridgehead atoms. The summed E-state index contributed by atoms with van der Waals surface area (Å²) < 4.78 is 1.60. The molecule has 0 saturated carbocycles. The van der Waals surface area contributed by atoms with Gasteiger partial charge >= 0.3 is 5.97 Å². The molecule has 1 unspecified atom stereocenters. The number of aryl methyl sites for hydroxylation is 2. The second-order valence-electron chi connectivity index (χ2n) is 2.65. The van der Waals surface area contributed by atoms with Gasteiger partial charge in [0.2, 0.25) is 0 Å². The quantitative estimate of drug-likeness (QED) is 0.643. The first-order chi connectivity index (χ1) is 5.52. The Balaban J connectivity index is 2.96. The number of hydrogen-bond donors (Lipinski definition) is 2. The fraction of sp³-hybridized carbons (Fsp3) is 0.429. The lowest BCUT2D eigenvalue weighted by Crippen LogP contribution is -2.21. The monoisotopic (exact) mass is 169 g/mol. The molecule has 1 rings (SSSR count). The van der Waals surface area contributed by atoms with Gasteiger partial charge in [-0.05, 0) is 13.0 Å². The van der Waals surface area contributed by atoms with Crippen LogP contribution in [0.3, 0.4) is 0 Å². The van der Waals surface area contributed by atoms with Crippen molar-refractivity contribution in [1.82, 2.24) is 9.78 Å². The molecule has 0 aliphatic rings. The summed E-state index contributed by atoms with van der Waals surface area (Å²) >= 11 is 0. The maximum Gasteiger partial charge on any atom is 0.326 e. The van der Waals surface area contributed by atoms with Crippen LogP contribution in [0.4, 0.5) is 0 Å². The molecule has 0 saturated heterocycles. The zero-order valence-electron chi connectivity index (χ0n) is 6.98. The first kappa shape index (κ1) is 8.73. The number of rotatable bonds is 2. The highest BCUT2D eigenvalue weighted by atomic mass is 16.4. The Kier molecular flexibility index (Phi) is 2.14. The van der Waals surface area contributed by atoms with E-state index >= 15 is 0 Å². The van der Waals surface area contributed by atoms with Crippen LogP contribution in [0.5, 0.6) is 0 Å². The van der Waals surface area contributed by atoms with Crippen LogP contribution in [-0.2, 0) is 11.8 Å². The molecule has 5 heteroatoms. The first-order valence-corrected chi connectivity index (χ1v) is 3.51. The molecule has 1 heterocycles. The number of carboxylic acids is 1. The molecule has 0 aromatic carbocycles. The smallest absolute Gasteiger partial charge is 0.326 e. The van der Waals surface area contributed by atoms with Crippen LogP contribution in [0.25, 0.3) is 0 Å². The zero-order chi connectivity index (χ0) is 9.30. The van der Waals surface area contributed by atoms with E-state index in [1.165, 1.54) is 0 Å². The van der Waals surface area contributed by atoms with Crippen LogP contribution in [0, 0.1) is 6.92 Å². The predicted molar refractivity (Wildman–Crippen MR) is 42.5 cm³/mol. The molecule has 66 valence electrons. The van der Waals surface area contributed by atoms with Gasteiger partial charge in [0.05, 0.1) is 5.69 Å². The molecule has 12 heavy (non-hydrogen) atoms. The standard InChI is InChI=1S/C7H11N3O2/c1-4-3-5(9-10(4)2)6(8)7(11)12/h3,6H,8H2,1-2H3,(H,11,12). The van der Waals surface area contributed by atoms with Crippen molar-refractivity contribution in [2.75, 3.05) is 0 Å². The third-order valence-corrected chi connectivity index (χ3v) is 1.72. The molecule has 1 atom stereocenters. The van der Waals surface area contributed by atoms with Crippen molar-refractivity contribution < 1.29 is 9.90 Å². The molecule has 0 fully saturated rings. The Bertz CT molecular complexity index is 286. The fourth-order valence-corrected chi connectivity index (χ4v) is 0.867. The maximum atomic E-state index is 10.4. The average molecular weight is 169 g/mol. The maximum absolute atomic E-state index is 10.4. The van der Waals surface area contributed by atoms with Crippen molar-refractivity contribution in [2.24, 2.45) is 12.8 Å². The summed E-state index contributed by atoms with van der Waals surface area (Å²) in [6.45, 7) is 1.84. The normalized spacial score (nSPS) is 12.9. The van der Waals surface area contributed by atoms with Gasteiger partial charge in [-0.2, -0.15) is 5.10 Å². The molecular weight excluding hydrogens is 158 g/mol. The largest absolute Gasteiger partial charge is 0.480 e. The van der Waals surface area contributed by atoms with E-state index in [-0.39, 0.29) is 0 Å². The number of carbonyl (C=O) groups is 1. The molecule has 5 nitrogen and oxygen atoms in total. The summed E-state index contributed by atoms with van der Waals surface area (Å²) in [5.41, 5.74) is 6.63. The highest BCUT2D eigenvalue weighted by molar-refractivity contribution is 5.74. The van der Waals surface area contributed by atoms with Crippen LogP contribution in [0.15, 0.2) is 6.07 Å². The van der Waals surface area contributed by atoms with E-state index < -0.39 is 12.0 Å². The Labute approximate surface area is 69.8 Å². The minimum absolute atomic E-state index is 0.391. The lowest BCUT2D eigenvalue weighted by atomic mass is 10.2. The van der Waals surface area contributed by atoms with Gasteiger partial charge < -0.3 is 10.8 Å². The molecular formula is C7H11N3O2. The number of aliphatic carboxylic acids is 1. The zero-order valence-corrected chi connectivity index (χ0v) is 6.98. The van der Waals surface area contributed by atoms with Gasteiger partial charge in [-0.3, -0.25) is 9.48 Å². The van der Waals surface area contributed by atoms with E-state index in [1.54, 1.807) is 17.8 Å². The average Bonchev–Trinajstić information content (AvgIpc) is 2.30. The molecule has 0 aliphatic carbocycles. The first-order valence-electron chi connectivity index (χ1n) is 3.51. The summed E-state index contributed by atoms with van der Waals surface area (Å²) in [6.07, 6.45) is 0. The van der Waals surface area contributed by atoms with Gasteiger partial charge in [0.1, 0.15) is 6.04 Å². The van der Waals surface area contributed by atoms with E-state index in [1.807, 2.05) is 6.92 Å². The topological polar surface area (TPSA) is 81.1 Å². The van der Waals surface area contributed by atoms with Crippen molar-refractivity contribution in [1.29, 1.82) is 0 Å². The SMILES string of the molecule is Cc1cc(C(N)C(=O)O)nn1C. The summed E-state index contributed by atoms with van der Waals surface area (Å²) in [5, 5.41) is 12.5. The van der Waals surface area contributed by atoms with Gasteiger partial charge in [-0.15, -0.1) is 0 Å². The molecule has 1 aromatic rings. The van der Waals surface area contributed by atoms with E-state index in [4.69, 9.17) is 10.8 Å². The summed E-state index contributed by atoms with van der Waals surface area (Å²) in [7, 11) is 1.74. The molecule has 3 N–H and O–H groups in total. The van der Waals surface area contributed by atoms with E-state index in [0.29, 0.717) is 5.69 Å². The van der Waals surface area contributed by atoms with Gasteiger partial charge in [-0.1, -0.05) is 0 Å². The fourth-order valence-electron chi connectivity index (χ4n) is 0.867. The van der Waals surface area contributed by atoms with Crippen LogP contribution < -0.4 is 5.73 Å². The summed E-state index contributed by atoms with van der Waals surface area (Å²) in [6, 6.07) is 0.642. The van der Waals surface area contributed by atoms with E-state index in [9.17, 15) is 4.79 Å². The highest BCUT2D eigenvalue weighted by Gasteiger charge is 2.17. The lowest BCUT2D eigenvalue weighted by Gasteiger charge is -1.99. The van der Waals surface area contributed by atoms with Crippen LogP contribution in [0.1, 0.15) is 17.4 Å². The van der Waals surface area contributed by atoms with E-state index in [2.05, 4.69) is 5.10 Å². The van der Waals surface area contributed by atoms with Crippen LogP contribution in [-0.4, -0.2) is 20.9 Å². The third kappa shape index (κ3) is 1.45. The third-order valence-electron chi connectivity index (χ3n) is 1.72. The second-order valence-corrected chi connectivity index (χ2v) is 2.65. The van der Waals surface area contributed by atoms with E-state index in [0.717, 1.165) is 5.69 Å². The second kappa shape index (κ2) is 2.94.